The van der Waals surface area contributed by atoms with Crippen LogP contribution in [0.25, 0.3) is 11.3 Å². The van der Waals surface area contributed by atoms with Crippen molar-refractivity contribution in [2.45, 2.75) is 39.5 Å². The van der Waals surface area contributed by atoms with E-state index < -0.39 is 17.6 Å². The summed E-state index contributed by atoms with van der Waals surface area (Å²) in [6, 6.07) is 17.2. The van der Waals surface area contributed by atoms with Gasteiger partial charge in [0.2, 0.25) is 5.91 Å². The molecule has 0 radical (unpaired) electrons. The quantitative estimate of drug-likeness (QED) is 0.424. The molecule has 0 aliphatic rings. The van der Waals surface area contributed by atoms with Crippen LogP contribution in [0.5, 0.6) is 5.75 Å². The number of nitrogens with zero attached hydrogens (tertiary/aromatic N) is 3. The Hall–Kier alpha value is -3.23. The van der Waals surface area contributed by atoms with Crippen LogP contribution in [0, 0.1) is 5.41 Å². The second-order valence-corrected chi connectivity index (χ2v) is 9.91. The summed E-state index contributed by atoms with van der Waals surface area (Å²) in [5.41, 5.74) is 7.90. The van der Waals surface area contributed by atoms with E-state index in [-0.39, 0.29) is 25.6 Å². The highest BCUT2D eigenvalue weighted by atomic mass is 19.1. The van der Waals surface area contributed by atoms with E-state index in [0.717, 1.165) is 22.6 Å². The Morgan fingerprint density at radius 3 is 2.33 bits per heavy atom. The molecule has 0 spiro atoms. The lowest BCUT2D eigenvalue weighted by atomic mass is 9.84. The van der Waals surface area contributed by atoms with Gasteiger partial charge in [-0.3, -0.25) is 4.79 Å². The number of alkyl halides is 1. The van der Waals surface area contributed by atoms with Crippen molar-refractivity contribution >= 4 is 5.91 Å². The molecule has 2 aromatic carbocycles. The summed E-state index contributed by atoms with van der Waals surface area (Å²) in [6.07, 6.45) is 0.617. The van der Waals surface area contributed by atoms with Crippen molar-refractivity contribution in [2.75, 3.05) is 33.9 Å². The van der Waals surface area contributed by atoms with Gasteiger partial charge in [-0.05, 0) is 35.2 Å². The van der Waals surface area contributed by atoms with Crippen molar-refractivity contribution < 1.29 is 18.7 Å². The highest BCUT2D eigenvalue weighted by molar-refractivity contribution is 5.78. The lowest BCUT2D eigenvalue weighted by Crippen LogP contribution is -2.47. The number of hydrogen-bond acceptors (Lipinski definition) is 5. The van der Waals surface area contributed by atoms with Gasteiger partial charge in [0.25, 0.3) is 0 Å². The summed E-state index contributed by atoms with van der Waals surface area (Å²) < 4.78 is 27.1. The maximum Gasteiger partial charge on any atom is 0.249 e. The number of methoxy groups -OCH3 is 2. The normalized spacial score (nSPS) is 13.3. The third-order valence-electron chi connectivity index (χ3n) is 6.00. The predicted octanol–water partition coefficient (Wildman–Crippen LogP) is 4.47. The molecule has 1 heterocycles. The Labute approximate surface area is 213 Å². The summed E-state index contributed by atoms with van der Waals surface area (Å²) in [7, 11) is 3.08. The topological polar surface area (TPSA) is 82.6 Å². The summed E-state index contributed by atoms with van der Waals surface area (Å²) in [5, 5.41) is 0. The van der Waals surface area contributed by atoms with Crippen molar-refractivity contribution in [3.05, 3.63) is 72.2 Å². The fourth-order valence-electron chi connectivity index (χ4n) is 4.30. The molecular weight excluding hydrogens is 459 g/mol. The molecule has 0 saturated carbocycles. The third kappa shape index (κ3) is 6.71. The van der Waals surface area contributed by atoms with Crippen LogP contribution in [0.2, 0.25) is 0 Å². The number of halogens is 1. The molecule has 0 unspecified atom stereocenters. The van der Waals surface area contributed by atoms with E-state index in [1.165, 1.54) is 12.0 Å². The Balaban J connectivity index is 2.16. The zero-order valence-corrected chi connectivity index (χ0v) is 21.8. The van der Waals surface area contributed by atoms with E-state index in [4.69, 9.17) is 20.2 Å². The molecule has 1 amide bonds. The second-order valence-electron chi connectivity index (χ2n) is 9.91. The lowest BCUT2D eigenvalue weighted by Gasteiger charge is -2.40. The van der Waals surface area contributed by atoms with E-state index >= 15 is 0 Å². The number of benzene rings is 2. The number of hydrogen-bond donors (Lipinski definition) is 1. The Bertz CT molecular complexity index is 1110. The van der Waals surface area contributed by atoms with Crippen LogP contribution in [0.3, 0.4) is 0 Å². The molecule has 194 valence electrons. The van der Waals surface area contributed by atoms with Crippen LogP contribution in [0.15, 0.2) is 60.8 Å². The highest BCUT2D eigenvalue weighted by Gasteiger charge is 2.39. The van der Waals surface area contributed by atoms with Crippen molar-refractivity contribution in [1.29, 1.82) is 0 Å². The number of ether oxygens (including phenoxy) is 2. The number of aromatic nitrogens is 2. The maximum atomic E-state index is 14.6. The molecule has 0 bridgehead atoms. The maximum absolute atomic E-state index is 14.6. The van der Waals surface area contributed by atoms with E-state index in [2.05, 4.69) is 0 Å². The van der Waals surface area contributed by atoms with Gasteiger partial charge in [0.05, 0.1) is 25.4 Å². The van der Waals surface area contributed by atoms with Gasteiger partial charge in [0, 0.05) is 32.0 Å². The molecule has 3 aromatic rings. The highest BCUT2D eigenvalue weighted by Crippen LogP contribution is 2.39. The molecule has 36 heavy (non-hydrogen) atoms. The van der Waals surface area contributed by atoms with Gasteiger partial charge in [0.1, 0.15) is 24.4 Å². The number of amides is 1. The van der Waals surface area contributed by atoms with Gasteiger partial charge >= 0.3 is 0 Å². The van der Waals surface area contributed by atoms with Crippen LogP contribution < -0.4 is 10.5 Å². The third-order valence-corrected chi connectivity index (χ3v) is 6.00. The molecule has 1 aromatic heterocycles. The largest absolute Gasteiger partial charge is 0.497 e. The first-order valence-corrected chi connectivity index (χ1v) is 12.1. The molecular formula is C28H37FN4O3. The SMILES string of the molecule is COCC(=O)N(C[C@H](F)CN)[C@@H](c1nc(-c2ccc(OC)cc2)cn1Cc1ccccc1)C(C)(C)C. The molecule has 2 N–H and O–H groups in total. The average Bonchev–Trinajstić information content (AvgIpc) is 3.26. The standard InChI is InChI=1S/C28H37FN4O3/c1-28(2,3)26(33(17-22(29)15-30)25(34)19-35-4)27-31-24(21-11-13-23(36-5)14-12-21)18-32(27)16-20-9-7-6-8-10-20/h6-14,18,22,26H,15-17,19,30H2,1-5H3/t22-,26+/m1/s1. The number of imidazole rings is 1. The summed E-state index contributed by atoms with van der Waals surface area (Å²) in [5.74, 6) is 1.11. The van der Waals surface area contributed by atoms with Gasteiger partial charge in [-0.1, -0.05) is 51.1 Å². The van der Waals surface area contributed by atoms with Crippen LogP contribution in [-0.2, 0) is 16.1 Å². The fourth-order valence-corrected chi connectivity index (χ4v) is 4.30. The molecule has 0 fully saturated rings. The smallest absolute Gasteiger partial charge is 0.249 e. The van der Waals surface area contributed by atoms with Crippen molar-refractivity contribution in [3.8, 4) is 17.0 Å². The second kappa shape index (κ2) is 12.1. The zero-order valence-electron chi connectivity index (χ0n) is 21.8. The van der Waals surface area contributed by atoms with Gasteiger partial charge < -0.3 is 24.7 Å². The number of rotatable bonds is 11. The van der Waals surface area contributed by atoms with E-state index in [0.29, 0.717) is 12.4 Å². The Morgan fingerprint density at radius 1 is 1.11 bits per heavy atom. The summed E-state index contributed by atoms with van der Waals surface area (Å²) in [6.45, 7) is 6.14. The minimum Gasteiger partial charge on any atom is -0.497 e. The molecule has 2 atom stereocenters. The minimum absolute atomic E-state index is 0.142. The van der Waals surface area contributed by atoms with Gasteiger partial charge in [-0.15, -0.1) is 0 Å². The first kappa shape index (κ1) is 27.4. The van der Waals surface area contributed by atoms with Crippen LogP contribution in [-0.4, -0.2) is 60.4 Å². The molecule has 0 aliphatic heterocycles. The van der Waals surface area contributed by atoms with Crippen LogP contribution in [0.1, 0.15) is 38.2 Å². The van der Waals surface area contributed by atoms with E-state index in [1.807, 2.05) is 86.1 Å². The molecule has 7 nitrogen and oxygen atoms in total. The van der Waals surface area contributed by atoms with Crippen LogP contribution >= 0.6 is 0 Å². The Kier molecular flexibility index (Phi) is 9.23. The van der Waals surface area contributed by atoms with E-state index in [9.17, 15) is 9.18 Å². The summed E-state index contributed by atoms with van der Waals surface area (Å²) >= 11 is 0. The van der Waals surface area contributed by atoms with Gasteiger partial charge in [-0.2, -0.15) is 0 Å². The van der Waals surface area contributed by atoms with Crippen molar-refractivity contribution in [3.63, 3.8) is 0 Å². The average molecular weight is 497 g/mol. The van der Waals surface area contributed by atoms with E-state index in [1.54, 1.807) is 7.11 Å². The number of nitrogens with two attached hydrogens (primary N) is 1. The van der Waals surface area contributed by atoms with Crippen molar-refractivity contribution in [1.82, 2.24) is 14.5 Å². The van der Waals surface area contributed by atoms with Crippen molar-refractivity contribution in [2.24, 2.45) is 11.1 Å². The molecule has 0 saturated heterocycles. The lowest BCUT2D eigenvalue weighted by molar-refractivity contribution is -0.141. The van der Waals surface area contributed by atoms with Crippen LogP contribution in [0.4, 0.5) is 4.39 Å². The van der Waals surface area contributed by atoms with Gasteiger partial charge in [0.15, 0.2) is 0 Å². The molecule has 3 rings (SSSR count). The number of carbonyl (C=O) groups excluding carboxylic acids is 1. The Morgan fingerprint density at radius 2 is 1.78 bits per heavy atom. The van der Waals surface area contributed by atoms with Gasteiger partial charge in [-0.25, -0.2) is 9.37 Å². The summed E-state index contributed by atoms with van der Waals surface area (Å²) in [4.78, 5) is 19.8. The monoisotopic (exact) mass is 496 g/mol. The molecule has 0 aliphatic carbocycles. The predicted molar refractivity (Wildman–Crippen MR) is 139 cm³/mol. The fraction of sp³-hybridized carbons (Fsp3) is 0.429. The first-order valence-electron chi connectivity index (χ1n) is 12.1. The minimum atomic E-state index is -1.37. The molecule has 8 heteroatoms. The first-order chi connectivity index (χ1) is 17.2. The number of carbonyl (C=O) groups is 1. The zero-order chi connectivity index (χ0) is 26.3.